The molecule has 7 atom stereocenters. The van der Waals surface area contributed by atoms with E-state index in [0.29, 0.717) is 0 Å². The highest BCUT2D eigenvalue weighted by molar-refractivity contribution is 5.89. The molecule has 0 radical (unpaired) electrons. The van der Waals surface area contributed by atoms with Crippen molar-refractivity contribution in [1.29, 1.82) is 0 Å². The molecule has 1 rings (SSSR count). The number of ether oxygens (including phenoxy) is 1. The zero-order valence-electron chi connectivity index (χ0n) is 15.5. The number of aliphatic hydroxyl groups excluding tert-OH is 6. The van der Waals surface area contributed by atoms with Crippen LogP contribution in [0.3, 0.4) is 0 Å². The topological polar surface area (TPSA) is 226 Å². The number of hydrogen-bond acceptors (Lipinski definition) is 10. The molecule has 1 heterocycles. The first kappa shape index (κ1) is 25.2. The molecule has 2 amide bonds. The van der Waals surface area contributed by atoms with E-state index in [1.165, 1.54) is 0 Å². The second-order valence-corrected chi connectivity index (χ2v) is 6.65. The van der Waals surface area contributed by atoms with E-state index >= 15 is 0 Å². The third-order valence-corrected chi connectivity index (χ3v) is 4.37. The number of aliphatic carboxylic acids is 1. The maximum Gasteiger partial charge on any atom is 0.303 e. The molecule has 1 fully saturated rings. The molecule has 0 bridgehead atoms. The van der Waals surface area contributed by atoms with Gasteiger partial charge in [-0.15, -0.1) is 0 Å². The van der Waals surface area contributed by atoms with Crippen molar-refractivity contribution in [2.45, 2.75) is 68.5 Å². The molecule has 29 heavy (non-hydrogen) atoms. The molecule has 13 heteroatoms. The predicted octanol–water partition coefficient (Wildman–Crippen LogP) is -4.61. The molecule has 0 aromatic carbocycles. The zero-order chi connectivity index (χ0) is 22.1. The van der Waals surface area contributed by atoms with Crippen LogP contribution in [0.2, 0.25) is 0 Å². The Bertz CT molecular complexity index is 561. The van der Waals surface area contributed by atoms with Gasteiger partial charge in [-0.25, -0.2) is 0 Å². The summed E-state index contributed by atoms with van der Waals surface area (Å²) < 4.78 is 4.92. The van der Waals surface area contributed by atoms with Crippen molar-refractivity contribution < 1.29 is 54.9 Å². The average molecular weight is 424 g/mol. The van der Waals surface area contributed by atoms with Crippen LogP contribution in [0.4, 0.5) is 0 Å². The van der Waals surface area contributed by atoms with Gasteiger partial charge in [-0.2, -0.15) is 0 Å². The lowest BCUT2D eigenvalue weighted by molar-refractivity contribution is -0.280. The monoisotopic (exact) mass is 424 g/mol. The summed E-state index contributed by atoms with van der Waals surface area (Å²) in [4.78, 5) is 34.8. The summed E-state index contributed by atoms with van der Waals surface area (Å²) in [7, 11) is 0. The van der Waals surface area contributed by atoms with E-state index in [9.17, 15) is 39.9 Å². The number of hydrogen-bond donors (Lipinski definition) is 9. The van der Waals surface area contributed by atoms with Crippen LogP contribution in [0, 0.1) is 0 Å². The Kier molecular flexibility index (Phi) is 10.4. The molecule has 1 saturated heterocycles. The fourth-order valence-corrected chi connectivity index (χ4v) is 2.68. The van der Waals surface area contributed by atoms with Crippen molar-refractivity contribution in [3.63, 3.8) is 0 Å². The van der Waals surface area contributed by atoms with Crippen LogP contribution >= 0.6 is 0 Å². The van der Waals surface area contributed by atoms with Crippen molar-refractivity contribution in [3.8, 4) is 0 Å². The van der Waals surface area contributed by atoms with Gasteiger partial charge in [-0.05, 0) is 12.8 Å². The van der Waals surface area contributed by atoms with Gasteiger partial charge in [0, 0.05) is 19.6 Å². The Hall–Kier alpha value is -1.87. The molecule has 0 spiro atoms. The van der Waals surface area contributed by atoms with Crippen molar-refractivity contribution in [2.75, 3.05) is 13.2 Å². The van der Waals surface area contributed by atoms with E-state index in [1.807, 2.05) is 0 Å². The number of aliphatic hydroxyl groups is 6. The van der Waals surface area contributed by atoms with Gasteiger partial charge in [0.25, 0.3) is 0 Å². The van der Waals surface area contributed by atoms with Crippen LogP contribution in [0.25, 0.3) is 0 Å². The van der Waals surface area contributed by atoms with Crippen molar-refractivity contribution >= 4 is 17.8 Å². The third-order valence-electron chi connectivity index (χ3n) is 4.37. The molecule has 0 aromatic rings. The van der Waals surface area contributed by atoms with Gasteiger partial charge in [-0.3, -0.25) is 14.4 Å². The lowest BCUT2D eigenvalue weighted by Crippen LogP contribution is -2.61. The Balaban J connectivity index is 2.72. The SMILES string of the molecule is O=C(O)CCC(=O)NC(C(=O)NC[C@@H]1O[C@@H](O)[C@@H](O)[C@@H](O)[C@@H]1O)C(O)CCCO. The molecule has 13 nitrogen and oxygen atoms in total. The normalized spacial score (nSPS) is 29.0. The van der Waals surface area contributed by atoms with E-state index in [1.54, 1.807) is 0 Å². The summed E-state index contributed by atoms with van der Waals surface area (Å²) in [6, 6.07) is -1.48. The number of rotatable bonds is 11. The van der Waals surface area contributed by atoms with Gasteiger partial charge in [0.15, 0.2) is 6.29 Å². The first-order valence-electron chi connectivity index (χ1n) is 9.04. The quantitative estimate of drug-likeness (QED) is 0.153. The lowest BCUT2D eigenvalue weighted by atomic mass is 9.98. The van der Waals surface area contributed by atoms with Gasteiger partial charge < -0.3 is 51.1 Å². The standard InChI is InChI=1S/C16H28N2O11/c19-5-1-2-7(20)11(18-9(21)3-4-10(22)23)15(27)17-6-8-12(24)13(25)14(26)16(28)29-8/h7-8,11-14,16,19-20,24-26,28H,1-6H2,(H,17,27)(H,18,21)(H,22,23)/t7?,8-,11?,12+,13-,14-,16+/m0/s1. The molecule has 1 aliphatic heterocycles. The van der Waals surface area contributed by atoms with Crippen LogP contribution in [0.1, 0.15) is 25.7 Å². The minimum absolute atomic E-state index is 0.0417. The van der Waals surface area contributed by atoms with Crippen molar-refractivity contribution in [3.05, 3.63) is 0 Å². The van der Waals surface area contributed by atoms with Crippen molar-refractivity contribution in [1.82, 2.24) is 10.6 Å². The Morgan fingerprint density at radius 2 is 1.66 bits per heavy atom. The summed E-state index contributed by atoms with van der Waals surface area (Å²) in [6.07, 6.45) is -10.4. The average Bonchev–Trinajstić information content (AvgIpc) is 2.68. The van der Waals surface area contributed by atoms with Crippen LogP contribution < -0.4 is 10.6 Å². The molecule has 0 saturated carbocycles. The molecule has 9 N–H and O–H groups in total. The highest BCUT2D eigenvalue weighted by Crippen LogP contribution is 2.19. The molecular weight excluding hydrogens is 396 g/mol. The first-order valence-corrected chi connectivity index (χ1v) is 9.04. The molecule has 2 unspecified atom stereocenters. The molecular formula is C16H28N2O11. The number of nitrogens with one attached hydrogen (secondary N) is 2. The number of carboxylic acids is 1. The number of amides is 2. The van der Waals surface area contributed by atoms with E-state index in [2.05, 4.69) is 10.6 Å². The maximum absolute atomic E-state index is 12.4. The first-order chi connectivity index (χ1) is 13.6. The fraction of sp³-hybridized carbons (Fsp3) is 0.812. The molecule has 0 aromatic heterocycles. The summed E-state index contributed by atoms with van der Waals surface area (Å²) in [5.41, 5.74) is 0. The van der Waals surface area contributed by atoms with E-state index in [0.717, 1.165) is 0 Å². The van der Waals surface area contributed by atoms with Crippen molar-refractivity contribution in [2.24, 2.45) is 0 Å². The van der Waals surface area contributed by atoms with Crippen LogP contribution in [-0.2, 0) is 19.1 Å². The lowest BCUT2D eigenvalue weighted by Gasteiger charge is -2.38. The second kappa shape index (κ2) is 12.0. The third kappa shape index (κ3) is 7.81. The second-order valence-electron chi connectivity index (χ2n) is 6.65. The summed E-state index contributed by atoms with van der Waals surface area (Å²) in [5, 5.41) is 70.6. The van der Waals surface area contributed by atoms with E-state index in [4.69, 9.17) is 14.9 Å². The molecule has 1 aliphatic rings. The minimum atomic E-state index is -1.79. The summed E-state index contributed by atoms with van der Waals surface area (Å²) in [5.74, 6) is -2.91. The number of carboxylic acid groups (broad SMARTS) is 1. The maximum atomic E-state index is 12.4. The van der Waals surface area contributed by atoms with Crippen LogP contribution in [-0.4, -0.2) is 110 Å². The van der Waals surface area contributed by atoms with Gasteiger partial charge in [-0.1, -0.05) is 0 Å². The fourth-order valence-electron chi connectivity index (χ4n) is 2.68. The minimum Gasteiger partial charge on any atom is -0.481 e. The Morgan fingerprint density at radius 3 is 2.24 bits per heavy atom. The highest BCUT2D eigenvalue weighted by atomic mass is 16.6. The summed E-state index contributed by atoms with van der Waals surface area (Å²) in [6.45, 7) is -0.701. The number of carbonyl (C=O) groups is 3. The predicted molar refractivity (Wildman–Crippen MR) is 93.0 cm³/mol. The zero-order valence-corrected chi connectivity index (χ0v) is 15.5. The van der Waals surface area contributed by atoms with E-state index in [-0.39, 0.29) is 19.4 Å². The Labute approximate surface area is 165 Å². The molecule has 168 valence electrons. The highest BCUT2D eigenvalue weighted by Gasteiger charge is 2.43. The Morgan fingerprint density at radius 1 is 1.00 bits per heavy atom. The van der Waals surface area contributed by atoms with Gasteiger partial charge in [0.1, 0.15) is 30.5 Å². The summed E-state index contributed by atoms with van der Waals surface area (Å²) >= 11 is 0. The van der Waals surface area contributed by atoms with Gasteiger partial charge >= 0.3 is 5.97 Å². The van der Waals surface area contributed by atoms with Crippen LogP contribution in [0.15, 0.2) is 0 Å². The smallest absolute Gasteiger partial charge is 0.303 e. The van der Waals surface area contributed by atoms with Gasteiger partial charge in [0.05, 0.1) is 12.5 Å². The largest absolute Gasteiger partial charge is 0.481 e. The van der Waals surface area contributed by atoms with E-state index < -0.39 is 80.0 Å². The van der Waals surface area contributed by atoms with Gasteiger partial charge in [0.2, 0.25) is 11.8 Å². The van der Waals surface area contributed by atoms with Crippen LogP contribution in [0.5, 0.6) is 0 Å². The molecule has 0 aliphatic carbocycles. The number of carbonyl (C=O) groups excluding carboxylic acids is 2.